The molecule has 1 aliphatic rings. The van der Waals surface area contributed by atoms with Gasteiger partial charge in [0.1, 0.15) is 5.82 Å². The van der Waals surface area contributed by atoms with Crippen LogP contribution in [0.1, 0.15) is 37.6 Å². The molecule has 1 saturated carbocycles. The second-order valence-corrected chi connectivity index (χ2v) is 6.95. The lowest BCUT2D eigenvalue weighted by Gasteiger charge is -2.23. The number of amides is 2. The summed E-state index contributed by atoms with van der Waals surface area (Å²) < 4.78 is 2.10. The molecule has 1 aliphatic carbocycles. The van der Waals surface area contributed by atoms with Crippen molar-refractivity contribution in [2.75, 3.05) is 0 Å². The second kappa shape index (κ2) is 7.23. The van der Waals surface area contributed by atoms with Crippen molar-refractivity contribution in [1.82, 2.24) is 24.8 Å². The van der Waals surface area contributed by atoms with E-state index in [9.17, 15) is 4.79 Å². The number of imidazole rings is 1. The summed E-state index contributed by atoms with van der Waals surface area (Å²) in [6, 6.07) is 8.74. The molecular formula is C20H25N5O. The maximum Gasteiger partial charge on any atom is 0.318 e. The highest BCUT2D eigenvalue weighted by Gasteiger charge is 2.32. The molecule has 1 aromatic carbocycles. The Balaban J connectivity index is 1.42. The number of nitrogens with one attached hydrogen (secondary N) is 2. The lowest BCUT2D eigenvalue weighted by Crippen LogP contribution is -2.41. The Hall–Kier alpha value is -2.76. The Kier molecular flexibility index (Phi) is 4.65. The van der Waals surface area contributed by atoms with Gasteiger partial charge in [0, 0.05) is 43.2 Å². The average Bonchev–Trinajstić information content (AvgIpc) is 3.21. The van der Waals surface area contributed by atoms with E-state index in [0.29, 0.717) is 19.1 Å². The second-order valence-electron chi connectivity index (χ2n) is 6.95. The molecule has 4 rings (SSSR count). The molecule has 1 fully saturated rings. The number of aromatic amines is 1. The van der Waals surface area contributed by atoms with E-state index in [4.69, 9.17) is 0 Å². The number of hydrogen-bond donors (Lipinski definition) is 2. The van der Waals surface area contributed by atoms with E-state index in [1.54, 1.807) is 6.20 Å². The van der Waals surface area contributed by atoms with Gasteiger partial charge in [-0.2, -0.15) is 0 Å². The van der Waals surface area contributed by atoms with Crippen LogP contribution in [0.5, 0.6) is 0 Å². The predicted octanol–water partition coefficient (Wildman–Crippen LogP) is 3.65. The Labute approximate surface area is 153 Å². The van der Waals surface area contributed by atoms with Crippen LogP contribution in [-0.4, -0.2) is 31.5 Å². The summed E-state index contributed by atoms with van der Waals surface area (Å²) in [5, 5.41) is 4.24. The quantitative estimate of drug-likeness (QED) is 0.682. The van der Waals surface area contributed by atoms with Gasteiger partial charge >= 0.3 is 6.03 Å². The molecule has 2 aromatic heterocycles. The summed E-state index contributed by atoms with van der Waals surface area (Å²) in [7, 11) is 0. The number of rotatable bonds is 7. The molecule has 3 aromatic rings. The molecule has 0 unspecified atom stereocenters. The molecule has 2 amide bonds. The number of benzene rings is 1. The third-order valence-corrected chi connectivity index (χ3v) is 4.88. The van der Waals surface area contributed by atoms with E-state index in [-0.39, 0.29) is 6.03 Å². The molecule has 0 radical (unpaired) electrons. The van der Waals surface area contributed by atoms with Gasteiger partial charge in [-0.05, 0) is 48.4 Å². The highest BCUT2D eigenvalue weighted by atomic mass is 16.2. The van der Waals surface area contributed by atoms with Crippen molar-refractivity contribution in [1.29, 1.82) is 0 Å². The van der Waals surface area contributed by atoms with Crippen molar-refractivity contribution in [3.05, 3.63) is 54.2 Å². The minimum Gasteiger partial charge on any atom is -0.361 e. The number of carbonyl (C=O) groups is 1. The van der Waals surface area contributed by atoms with Gasteiger partial charge < -0.3 is 19.8 Å². The van der Waals surface area contributed by atoms with Crippen molar-refractivity contribution in [2.45, 2.75) is 51.9 Å². The van der Waals surface area contributed by atoms with Crippen LogP contribution in [0.25, 0.3) is 10.9 Å². The Morgan fingerprint density at radius 2 is 2.27 bits per heavy atom. The summed E-state index contributed by atoms with van der Waals surface area (Å²) in [5.41, 5.74) is 2.28. The zero-order valence-corrected chi connectivity index (χ0v) is 15.1. The molecule has 0 bridgehead atoms. The first-order valence-electron chi connectivity index (χ1n) is 9.35. The smallest absolute Gasteiger partial charge is 0.318 e. The van der Waals surface area contributed by atoms with Crippen molar-refractivity contribution in [3.8, 4) is 0 Å². The highest BCUT2D eigenvalue weighted by molar-refractivity contribution is 5.80. The van der Waals surface area contributed by atoms with Gasteiger partial charge in [-0.1, -0.05) is 13.0 Å². The maximum absolute atomic E-state index is 12.8. The number of carbonyl (C=O) groups excluding carboxylic acids is 1. The predicted molar refractivity (Wildman–Crippen MR) is 102 cm³/mol. The molecule has 6 nitrogen and oxygen atoms in total. The zero-order valence-electron chi connectivity index (χ0n) is 15.1. The molecule has 26 heavy (non-hydrogen) atoms. The fourth-order valence-electron chi connectivity index (χ4n) is 3.36. The minimum atomic E-state index is -0.00675. The molecule has 0 aliphatic heterocycles. The van der Waals surface area contributed by atoms with Crippen LogP contribution in [0.15, 0.2) is 42.9 Å². The molecule has 0 spiro atoms. The maximum atomic E-state index is 12.8. The normalized spacial score (nSPS) is 13.9. The fraction of sp³-hybridized carbons (Fsp3) is 0.400. The van der Waals surface area contributed by atoms with Crippen LogP contribution in [0.2, 0.25) is 0 Å². The van der Waals surface area contributed by atoms with Gasteiger partial charge in [-0.3, -0.25) is 0 Å². The minimum absolute atomic E-state index is 0.00675. The van der Waals surface area contributed by atoms with E-state index in [2.05, 4.69) is 51.0 Å². The number of urea groups is 1. The summed E-state index contributed by atoms with van der Waals surface area (Å²) >= 11 is 0. The SMILES string of the molecule is CCCn1ccnc1CNC(=O)N(Cc1ccc2[nH]ccc2c1)C1CC1. The fourth-order valence-corrected chi connectivity index (χ4v) is 3.36. The van der Waals surface area contributed by atoms with Crippen molar-refractivity contribution < 1.29 is 4.79 Å². The Morgan fingerprint density at radius 1 is 1.38 bits per heavy atom. The van der Waals surface area contributed by atoms with Gasteiger partial charge in [0.05, 0.1) is 6.54 Å². The van der Waals surface area contributed by atoms with Crippen LogP contribution in [0, 0.1) is 0 Å². The van der Waals surface area contributed by atoms with Crippen LogP contribution in [-0.2, 0) is 19.6 Å². The molecule has 2 N–H and O–H groups in total. The van der Waals surface area contributed by atoms with Crippen molar-refractivity contribution in [3.63, 3.8) is 0 Å². The molecule has 136 valence electrons. The molecular weight excluding hydrogens is 326 g/mol. The van der Waals surface area contributed by atoms with Crippen LogP contribution in [0.4, 0.5) is 4.79 Å². The van der Waals surface area contributed by atoms with Crippen LogP contribution >= 0.6 is 0 Å². The van der Waals surface area contributed by atoms with Crippen molar-refractivity contribution in [2.24, 2.45) is 0 Å². The van der Waals surface area contributed by atoms with E-state index in [1.807, 2.05) is 17.3 Å². The largest absolute Gasteiger partial charge is 0.361 e. The summed E-state index contributed by atoms with van der Waals surface area (Å²) in [4.78, 5) is 22.3. The first-order chi connectivity index (χ1) is 12.7. The number of hydrogen-bond acceptors (Lipinski definition) is 2. The third-order valence-electron chi connectivity index (χ3n) is 4.88. The summed E-state index contributed by atoms with van der Waals surface area (Å²) in [6.45, 7) is 4.17. The number of H-pyrrole nitrogens is 1. The lowest BCUT2D eigenvalue weighted by molar-refractivity contribution is 0.191. The van der Waals surface area contributed by atoms with E-state index >= 15 is 0 Å². The van der Waals surface area contributed by atoms with E-state index in [1.165, 1.54) is 5.39 Å². The third kappa shape index (κ3) is 3.59. The molecule has 6 heteroatoms. The van der Waals surface area contributed by atoms with Gasteiger partial charge in [0.25, 0.3) is 0 Å². The molecule has 2 heterocycles. The highest BCUT2D eigenvalue weighted by Crippen LogP contribution is 2.29. The van der Waals surface area contributed by atoms with E-state index in [0.717, 1.165) is 42.7 Å². The van der Waals surface area contributed by atoms with Crippen molar-refractivity contribution >= 4 is 16.9 Å². The van der Waals surface area contributed by atoms with E-state index < -0.39 is 0 Å². The van der Waals surface area contributed by atoms with Gasteiger partial charge in [-0.25, -0.2) is 9.78 Å². The first-order valence-corrected chi connectivity index (χ1v) is 9.35. The van der Waals surface area contributed by atoms with Gasteiger partial charge in [-0.15, -0.1) is 0 Å². The zero-order chi connectivity index (χ0) is 17.9. The topological polar surface area (TPSA) is 66.0 Å². The summed E-state index contributed by atoms with van der Waals surface area (Å²) in [6.07, 6.45) is 8.93. The van der Waals surface area contributed by atoms with Gasteiger partial charge in [0.15, 0.2) is 0 Å². The van der Waals surface area contributed by atoms with Crippen LogP contribution < -0.4 is 5.32 Å². The summed E-state index contributed by atoms with van der Waals surface area (Å²) in [5.74, 6) is 0.907. The number of aryl methyl sites for hydroxylation is 1. The number of aromatic nitrogens is 3. The number of fused-ring (bicyclic) bond motifs is 1. The molecule has 0 atom stereocenters. The molecule has 0 saturated heterocycles. The number of nitrogens with zero attached hydrogens (tertiary/aromatic N) is 3. The Morgan fingerprint density at radius 3 is 3.08 bits per heavy atom. The Bertz CT molecular complexity index is 892. The standard InChI is InChI=1S/C20H25N5O/c1-2-10-24-11-9-22-19(24)13-23-20(26)25(17-4-5-17)14-15-3-6-18-16(12-15)7-8-21-18/h3,6-9,11-12,17,21H,2,4-5,10,13-14H2,1H3,(H,23,26). The monoisotopic (exact) mass is 351 g/mol. The van der Waals surface area contributed by atoms with Crippen LogP contribution in [0.3, 0.4) is 0 Å². The first kappa shape index (κ1) is 16.7. The average molecular weight is 351 g/mol. The lowest BCUT2D eigenvalue weighted by atomic mass is 10.1. The van der Waals surface area contributed by atoms with Gasteiger partial charge in [0.2, 0.25) is 0 Å².